The van der Waals surface area contributed by atoms with Crippen molar-refractivity contribution in [3.05, 3.63) is 29.8 Å². The minimum atomic E-state index is -3.63. The van der Waals surface area contributed by atoms with E-state index < -0.39 is 10.0 Å². The zero-order chi connectivity index (χ0) is 19.7. The number of rotatable bonds is 9. The van der Waals surface area contributed by atoms with E-state index in [1.807, 2.05) is 0 Å². The topological polar surface area (TPSA) is 102 Å². The maximum Gasteiger partial charge on any atom is 0.305 e. The van der Waals surface area contributed by atoms with Gasteiger partial charge in [-0.2, -0.15) is 4.31 Å². The SMILES string of the molecule is COC(=O)CCCCCNC(=O)c1cccc(S(=O)(=O)N2CCOCC2)c1. The molecule has 1 amide bonds. The second-order valence-corrected chi connectivity index (χ2v) is 8.12. The normalized spacial score (nSPS) is 15.3. The Balaban J connectivity index is 1.87. The van der Waals surface area contributed by atoms with Crippen molar-refractivity contribution >= 4 is 21.9 Å². The van der Waals surface area contributed by atoms with E-state index in [0.29, 0.717) is 51.3 Å². The third kappa shape index (κ3) is 6.30. The summed E-state index contributed by atoms with van der Waals surface area (Å²) in [5, 5.41) is 2.78. The number of hydrogen-bond donors (Lipinski definition) is 1. The molecule has 1 N–H and O–H groups in total. The predicted octanol–water partition coefficient (Wildman–Crippen LogP) is 1.17. The molecule has 1 heterocycles. The maximum absolute atomic E-state index is 12.7. The van der Waals surface area contributed by atoms with Gasteiger partial charge in [0.1, 0.15) is 0 Å². The molecular formula is C18H26N2O6S. The molecule has 1 aromatic carbocycles. The number of morpholine rings is 1. The molecule has 0 unspecified atom stereocenters. The highest BCUT2D eigenvalue weighted by Gasteiger charge is 2.26. The van der Waals surface area contributed by atoms with Crippen molar-refractivity contribution in [3.8, 4) is 0 Å². The van der Waals surface area contributed by atoms with E-state index in [2.05, 4.69) is 10.1 Å². The first kappa shape index (κ1) is 21.3. The quantitative estimate of drug-likeness (QED) is 0.495. The molecule has 0 saturated carbocycles. The van der Waals surface area contributed by atoms with Gasteiger partial charge in [0.05, 0.1) is 25.2 Å². The van der Waals surface area contributed by atoms with Crippen LogP contribution >= 0.6 is 0 Å². The number of nitrogens with zero attached hydrogens (tertiary/aromatic N) is 1. The van der Waals surface area contributed by atoms with Crippen molar-refractivity contribution < 1.29 is 27.5 Å². The molecule has 1 saturated heterocycles. The van der Waals surface area contributed by atoms with E-state index in [0.717, 1.165) is 12.8 Å². The minimum Gasteiger partial charge on any atom is -0.469 e. The Labute approximate surface area is 159 Å². The lowest BCUT2D eigenvalue weighted by Crippen LogP contribution is -2.40. The van der Waals surface area contributed by atoms with Crippen LogP contribution in [0.3, 0.4) is 0 Å². The number of carbonyl (C=O) groups is 2. The zero-order valence-corrected chi connectivity index (χ0v) is 16.3. The Hall–Kier alpha value is -1.97. The van der Waals surface area contributed by atoms with E-state index in [4.69, 9.17) is 4.74 Å². The standard InChI is InChI=1S/C18H26N2O6S/c1-25-17(21)8-3-2-4-9-19-18(22)15-6-5-7-16(14-15)27(23,24)20-10-12-26-13-11-20/h5-7,14H,2-4,8-13H2,1H3,(H,19,22). The Morgan fingerprint density at radius 1 is 1.19 bits per heavy atom. The van der Waals surface area contributed by atoms with Crippen LogP contribution in [0.5, 0.6) is 0 Å². The second-order valence-electron chi connectivity index (χ2n) is 6.19. The first-order valence-electron chi connectivity index (χ1n) is 8.98. The highest BCUT2D eigenvalue weighted by atomic mass is 32.2. The highest BCUT2D eigenvalue weighted by molar-refractivity contribution is 7.89. The number of methoxy groups -OCH3 is 1. The number of esters is 1. The van der Waals surface area contributed by atoms with Gasteiger partial charge < -0.3 is 14.8 Å². The third-order valence-corrected chi connectivity index (χ3v) is 6.17. The predicted molar refractivity (Wildman–Crippen MR) is 98.8 cm³/mol. The van der Waals surface area contributed by atoms with Gasteiger partial charge in [-0.1, -0.05) is 12.5 Å². The van der Waals surface area contributed by atoms with Gasteiger partial charge in [0.25, 0.3) is 5.91 Å². The molecule has 27 heavy (non-hydrogen) atoms. The van der Waals surface area contributed by atoms with E-state index in [9.17, 15) is 18.0 Å². The number of amides is 1. The smallest absolute Gasteiger partial charge is 0.305 e. The van der Waals surface area contributed by atoms with Crippen LogP contribution in [0, 0.1) is 0 Å². The van der Waals surface area contributed by atoms with Crippen LogP contribution in [-0.4, -0.2) is 64.6 Å². The fourth-order valence-corrected chi connectivity index (χ4v) is 4.17. The molecular weight excluding hydrogens is 372 g/mol. The third-order valence-electron chi connectivity index (χ3n) is 4.27. The maximum atomic E-state index is 12.7. The summed E-state index contributed by atoms with van der Waals surface area (Å²) in [6.45, 7) is 1.82. The van der Waals surface area contributed by atoms with Crippen LogP contribution in [0.25, 0.3) is 0 Å². The Morgan fingerprint density at radius 3 is 2.63 bits per heavy atom. The molecule has 0 spiro atoms. The Kier molecular flexibility index (Phi) is 8.21. The summed E-state index contributed by atoms with van der Waals surface area (Å²) in [5.41, 5.74) is 0.305. The van der Waals surface area contributed by atoms with Crippen LogP contribution in [0.4, 0.5) is 0 Å². The van der Waals surface area contributed by atoms with Crippen molar-refractivity contribution in [1.82, 2.24) is 9.62 Å². The van der Waals surface area contributed by atoms with Gasteiger partial charge in [0, 0.05) is 31.6 Å². The number of unbranched alkanes of at least 4 members (excludes halogenated alkanes) is 2. The summed E-state index contributed by atoms with van der Waals surface area (Å²) in [4.78, 5) is 23.4. The molecule has 1 aliphatic rings. The minimum absolute atomic E-state index is 0.107. The monoisotopic (exact) mass is 398 g/mol. The van der Waals surface area contributed by atoms with Crippen molar-refractivity contribution in [3.63, 3.8) is 0 Å². The average molecular weight is 398 g/mol. The molecule has 1 aromatic rings. The summed E-state index contributed by atoms with van der Waals surface area (Å²) < 4.78 is 36.5. The lowest BCUT2D eigenvalue weighted by Gasteiger charge is -2.26. The molecule has 0 radical (unpaired) electrons. The molecule has 8 nitrogen and oxygen atoms in total. The molecule has 0 aliphatic carbocycles. The molecule has 0 atom stereocenters. The zero-order valence-electron chi connectivity index (χ0n) is 15.5. The second kappa shape index (κ2) is 10.4. The summed E-state index contributed by atoms with van der Waals surface area (Å²) in [5.74, 6) is -0.556. The summed E-state index contributed by atoms with van der Waals surface area (Å²) >= 11 is 0. The molecule has 1 fully saturated rings. The van der Waals surface area contributed by atoms with Gasteiger partial charge >= 0.3 is 5.97 Å². The lowest BCUT2D eigenvalue weighted by molar-refractivity contribution is -0.140. The average Bonchev–Trinajstić information content (AvgIpc) is 2.70. The number of carbonyl (C=O) groups excluding carboxylic acids is 2. The van der Waals surface area contributed by atoms with Gasteiger partial charge in [-0.15, -0.1) is 0 Å². The van der Waals surface area contributed by atoms with Crippen LogP contribution in [-0.2, 0) is 24.3 Å². The van der Waals surface area contributed by atoms with Crippen LogP contribution < -0.4 is 5.32 Å². The van der Waals surface area contributed by atoms with E-state index in [1.54, 1.807) is 12.1 Å². The first-order chi connectivity index (χ1) is 12.9. The molecule has 0 bridgehead atoms. The largest absolute Gasteiger partial charge is 0.469 e. The van der Waals surface area contributed by atoms with Crippen molar-refractivity contribution in [1.29, 1.82) is 0 Å². The Morgan fingerprint density at radius 2 is 1.93 bits per heavy atom. The Bertz CT molecular complexity index is 744. The van der Waals surface area contributed by atoms with Crippen LogP contribution in [0.2, 0.25) is 0 Å². The molecule has 2 rings (SSSR count). The molecule has 9 heteroatoms. The number of nitrogens with one attached hydrogen (secondary N) is 1. The molecule has 0 aromatic heterocycles. The molecule has 1 aliphatic heterocycles. The summed E-state index contributed by atoms with van der Waals surface area (Å²) in [6.07, 6.45) is 2.59. The number of ether oxygens (including phenoxy) is 2. The summed E-state index contributed by atoms with van der Waals surface area (Å²) in [6, 6.07) is 6.05. The first-order valence-corrected chi connectivity index (χ1v) is 10.4. The van der Waals surface area contributed by atoms with Gasteiger partial charge in [0.15, 0.2) is 0 Å². The number of benzene rings is 1. The lowest BCUT2D eigenvalue weighted by atomic mass is 10.2. The van der Waals surface area contributed by atoms with Gasteiger partial charge in [-0.3, -0.25) is 9.59 Å². The van der Waals surface area contributed by atoms with Crippen molar-refractivity contribution in [2.24, 2.45) is 0 Å². The van der Waals surface area contributed by atoms with Crippen molar-refractivity contribution in [2.45, 2.75) is 30.6 Å². The van der Waals surface area contributed by atoms with Crippen LogP contribution in [0.1, 0.15) is 36.0 Å². The van der Waals surface area contributed by atoms with Gasteiger partial charge in [-0.05, 0) is 31.0 Å². The molecule has 150 valence electrons. The van der Waals surface area contributed by atoms with Gasteiger partial charge in [0.2, 0.25) is 10.0 Å². The van der Waals surface area contributed by atoms with Gasteiger partial charge in [-0.25, -0.2) is 8.42 Å². The van der Waals surface area contributed by atoms with Crippen molar-refractivity contribution in [2.75, 3.05) is 40.0 Å². The van der Waals surface area contributed by atoms with E-state index >= 15 is 0 Å². The van der Waals surface area contributed by atoms with E-state index in [-0.39, 0.29) is 16.8 Å². The van der Waals surface area contributed by atoms with E-state index in [1.165, 1.54) is 23.5 Å². The number of hydrogen-bond acceptors (Lipinski definition) is 6. The fourth-order valence-electron chi connectivity index (χ4n) is 2.71. The van der Waals surface area contributed by atoms with Crippen LogP contribution in [0.15, 0.2) is 29.2 Å². The number of sulfonamides is 1. The fraction of sp³-hybridized carbons (Fsp3) is 0.556. The summed E-state index contributed by atoms with van der Waals surface area (Å²) in [7, 11) is -2.27. The highest BCUT2D eigenvalue weighted by Crippen LogP contribution is 2.18.